The summed E-state index contributed by atoms with van der Waals surface area (Å²) in [6, 6.07) is 15.1. The number of pyridine rings is 2. The fraction of sp³-hybridized carbons (Fsp3) is 0.300. The maximum Gasteiger partial charge on any atom is 0.0703 e. The number of para-hydroxylation sites is 1. The Morgan fingerprint density at radius 2 is 1.92 bits per heavy atom. The molecule has 1 N–H and O–H groups in total. The number of rotatable bonds is 4. The highest BCUT2D eigenvalue weighted by Crippen LogP contribution is 2.20. The molecule has 24 heavy (non-hydrogen) atoms. The van der Waals surface area contributed by atoms with Gasteiger partial charge in [0.25, 0.3) is 0 Å². The van der Waals surface area contributed by atoms with E-state index in [-0.39, 0.29) is 0 Å². The van der Waals surface area contributed by atoms with Gasteiger partial charge >= 0.3 is 0 Å². The van der Waals surface area contributed by atoms with E-state index in [4.69, 9.17) is 0 Å². The van der Waals surface area contributed by atoms with Gasteiger partial charge in [0.15, 0.2) is 0 Å². The fourth-order valence-electron chi connectivity index (χ4n) is 3.37. The first-order valence-electron chi connectivity index (χ1n) is 8.59. The van der Waals surface area contributed by atoms with E-state index in [2.05, 4.69) is 50.5 Å². The van der Waals surface area contributed by atoms with Gasteiger partial charge in [-0.1, -0.05) is 24.3 Å². The van der Waals surface area contributed by atoms with Crippen LogP contribution in [-0.2, 0) is 6.54 Å². The summed E-state index contributed by atoms with van der Waals surface area (Å²) < 4.78 is 0. The second-order valence-electron chi connectivity index (χ2n) is 6.47. The number of likely N-dealkylation sites (tertiary alicyclic amines) is 1. The van der Waals surface area contributed by atoms with Crippen molar-refractivity contribution in [3.63, 3.8) is 0 Å². The van der Waals surface area contributed by atoms with Crippen molar-refractivity contribution in [2.24, 2.45) is 0 Å². The predicted molar refractivity (Wildman–Crippen MR) is 97.9 cm³/mol. The van der Waals surface area contributed by atoms with Gasteiger partial charge in [-0.15, -0.1) is 0 Å². The molecule has 2 aromatic heterocycles. The van der Waals surface area contributed by atoms with Crippen LogP contribution in [0.15, 0.2) is 61.1 Å². The highest BCUT2D eigenvalue weighted by Gasteiger charge is 2.19. The molecule has 1 aliphatic heterocycles. The number of piperidine rings is 1. The number of hydrogen-bond acceptors (Lipinski definition) is 4. The molecule has 3 heterocycles. The minimum absolute atomic E-state index is 0.526. The Kier molecular flexibility index (Phi) is 4.38. The van der Waals surface area contributed by atoms with Crippen LogP contribution < -0.4 is 5.32 Å². The van der Waals surface area contributed by atoms with Gasteiger partial charge in [0.1, 0.15) is 0 Å². The van der Waals surface area contributed by atoms with Gasteiger partial charge in [0.2, 0.25) is 0 Å². The van der Waals surface area contributed by atoms with E-state index in [0.29, 0.717) is 6.04 Å². The third-order valence-electron chi connectivity index (χ3n) is 4.68. The number of aromatic nitrogens is 2. The van der Waals surface area contributed by atoms with Crippen LogP contribution in [0.4, 0.5) is 5.69 Å². The Labute approximate surface area is 142 Å². The average Bonchev–Trinajstić information content (AvgIpc) is 2.64. The molecule has 1 fully saturated rings. The van der Waals surface area contributed by atoms with Crippen molar-refractivity contribution in [2.45, 2.75) is 25.4 Å². The Hall–Kier alpha value is -2.46. The monoisotopic (exact) mass is 318 g/mol. The largest absolute Gasteiger partial charge is 0.381 e. The summed E-state index contributed by atoms with van der Waals surface area (Å²) in [4.78, 5) is 11.2. The van der Waals surface area contributed by atoms with Crippen LogP contribution >= 0.6 is 0 Å². The number of fused-ring (bicyclic) bond motifs is 1. The van der Waals surface area contributed by atoms with E-state index in [1.807, 2.05) is 30.7 Å². The van der Waals surface area contributed by atoms with Gasteiger partial charge in [-0.05, 0) is 36.6 Å². The van der Waals surface area contributed by atoms with Crippen LogP contribution in [0.5, 0.6) is 0 Å². The second kappa shape index (κ2) is 6.97. The predicted octanol–water partition coefficient (Wildman–Crippen LogP) is 3.71. The van der Waals surface area contributed by atoms with E-state index in [9.17, 15) is 0 Å². The van der Waals surface area contributed by atoms with Gasteiger partial charge in [-0.2, -0.15) is 0 Å². The van der Waals surface area contributed by atoms with E-state index >= 15 is 0 Å². The highest BCUT2D eigenvalue weighted by molar-refractivity contribution is 5.81. The van der Waals surface area contributed by atoms with E-state index in [0.717, 1.165) is 43.7 Å². The first kappa shape index (κ1) is 15.1. The number of benzene rings is 1. The second-order valence-corrected chi connectivity index (χ2v) is 6.47. The van der Waals surface area contributed by atoms with Crippen LogP contribution in [0.2, 0.25) is 0 Å². The molecule has 0 unspecified atom stereocenters. The SMILES string of the molecule is c1cncc(CN2CCC(Nc3cnc4ccccc4c3)CC2)c1. The van der Waals surface area contributed by atoms with E-state index < -0.39 is 0 Å². The maximum absolute atomic E-state index is 4.54. The lowest BCUT2D eigenvalue weighted by Crippen LogP contribution is -2.38. The van der Waals surface area contributed by atoms with Crippen molar-refractivity contribution in [3.05, 3.63) is 66.6 Å². The molecule has 4 heteroatoms. The first-order chi connectivity index (χ1) is 11.9. The van der Waals surface area contributed by atoms with Crippen LogP contribution in [0.1, 0.15) is 18.4 Å². The Morgan fingerprint density at radius 1 is 1.04 bits per heavy atom. The molecule has 1 saturated heterocycles. The van der Waals surface area contributed by atoms with Crippen molar-refractivity contribution in [1.82, 2.24) is 14.9 Å². The smallest absolute Gasteiger partial charge is 0.0703 e. The first-order valence-corrected chi connectivity index (χ1v) is 8.59. The lowest BCUT2D eigenvalue weighted by atomic mass is 10.0. The quantitative estimate of drug-likeness (QED) is 0.796. The Morgan fingerprint density at radius 3 is 2.75 bits per heavy atom. The zero-order valence-electron chi connectivity index (χ0n) is 13.7. The fourth-order valence-corrected chi connectivity index (χ4v) is 3.37. The summed E-state index contributed by atoms with van der Waals surface area (Å²) in [5.41, 5.74) is 3.47. The molecule has 4 nitrogen and oxygen atoms in total. The molecule has 0 bridgehead atoms. The van der Waals surface area contributed by atoms with E-state index in [1.165, 1.54) is 10.9 Å². The summed E-state index contributed by atoms with van der Waals surface area (Å²) in [5, 5.41) is 4.85. The lowest BCUT2D eigenvalue weighted by Gasteiger charge is -2.32. The van der Waals surface area contributed by atoms with Crippen molar-refractivity contribution < 1.29 is 0 Å². The van der Waals surface area contributed by atoms with Crippen molar-refractivity contribution in [2.75, 3.05) is 18.4 Å². The van der Waals surface area contributed by atoms with Gasteiger partial charge in [-0.3, -0.25) is 14.9 Å². The Bertz CT molecular complexity index is 795. The summed E-state index contributed by atoms with van der Waals surface area (Å²) in [5.74, 6) is 0. The van der Waals surface area contributed by atoms with Crippen molar-refractivity contribution >= 4 is 16.6 Å². The molecule has 1 aliphatic rings. The highest BCUT2D eigenvalue weighted by atomic mass is 15.1. The lowest BCUT2D eigenvalue weighted by molar-refractivity contribution is 0.211. The maximum atomic E-state index is 4.54. The molecule has 0 amide bonds. The number of nitrogens with one attached hydrogen (secondary N) is 1. The molecule has 3 aromatic rings. The summed E-state index contributed by atoms with van der Waals surface area (Å²) in [6.07, 6.45) is 8.06. The topological polar surface area (TPSA) is 41.1 Å². The molecule has 0 atom stereocenters. The van der Waals surface area contributed by atoms with Gasteiger partial charge < -0.3 is 5.32 Å². The summed E-state index contributed by atoms with van der Waals surface area (Å²) in [6.45, 7) is 3.24. The Balaban J connectivity index is 1.34. The number of hydrogen-bond donors (Lipinski definition) is 1. The third kappa shape index (κ3) is 3.54. The van der Waals surface area contributed by atoms with Crippen LogP contribution in [0.25, 0.3) is 10.9 Å². The van der Waals surface area contributed by atoms with Gasteiger partial charge in [0, 0.05) is 43.5 Å². The molecular weight excluding hydrogens is 296 g/mol. The standard InChI is InChI=1S/C20H22N4/c1-2-6-20-17(5-1)12-19(14-22-20)23-18-7-10-24(11-8-18)15-16-4-3-9-21-13-16/h1-6,9,12-14,18,23H,7-8,10-11,15H2. The van der Waals surface area contributed by atoms with Crippen LogP contribution in [0.3, 0.4) is 0 Å². The average molecular weight is 318 g/mol. The minimum atomic E-state index is 0.526. The third-order valence-corrected chi connectivity index (χ3v) is 4.68. The zero-order valence-corrected chi connectivity index (χ0v) is 13.7. The zero-order chi connectivity index (χ0) is 16.2. The molecule has 0 saturated carbocycles. The van der Waals surface area contributed by atoms with Crippen molar-refractivity contribution in [3.8, 4) is 0 Å². The molecule has 0 radical (unpaired) electrons. The van der Waals surface area contributed by atoms with E-state index in [1.54, 1.807) is 0 Å². The molecule has 0 spiro atoms. The molecule has 122 valence electrons. The number of nitrogens with zero attached hydrogens (tertiary/aromatic N) is 3. The number of anilines is 1. The molecule has 1 aromatic carbocycles. The molecule has 0 aliphatic carbocycles. The van der Waals surface area contributed by atoms with Gasteiger partial charge in [-0.25, -0.2) is 0 Å². The minimum Gasteiger partial charge on any atom is -0.381 e. The molecule has 4 rings (SSSR count). The van der Waals surface area contributed by atoms with Crippen LogP contribution in [-0.4, -0.2) is 34.0 Å². The molecular formula is C20H22N4. The van der Waals surface area contributed by atoms with Crippen molar-refractivity contribution in [1.29, 1.82) is 0 Å². The summed E-state index contributed by atoms with van der Waals surface area (Å²) >= 11 is 0. The normalized spacial score (nSPS) is 16.3. The van der Waals surface area contributed by atoms with Crippen LogP contribution in [0, 0.1) is 0 Å². The summed E-state index contributed by atoms with van der Waals surface area (Å²) in [7, 11) is 0. The van der Waals surface area contributed by atoms with Gasteiger partial charge in [0.05, 0.1) is 17.4 Å².